The van der Waals surface area contributed by atoms with Gasteiger partial charge in [-0.1, -0.05) is 6.92 Å². The lowest BCUT2D eigenvalue weighted by Crippen LogP contribution is -2.25. The predicted molar refractivity (Wildman–Crippen MR) is 93.9 cm³/mol. The number of benzene rings is 1. The summed E-state index contributed by atoms with van der Waals surface area (Å²) in [5.41, 5.74) is 1.96. The van der Waals surface area contributed by atoms with Gasteiger partial charge in [-0.2, -0.15) is 0 Å². The number of hydrogen-bond donors (Lipinski definition) is 1. The number of pyridine rings is 1. The molecule has 1 unspecified atom stereocenters. The van der Waals surface area contributed by atoms with Crippen LogP contribution >= 0.6 is 0 Å². The molecule has 0 saturated carbocycles. The highest BCUT2D eigenvalue weighted by molar-refractivity contribution is 5.87. The first kappa shape index (κ1) is 17.1. The van der Waals surface area contributed by atoms with Crippen molar-refractivity contribution in [3.05, 3.63) is 45.7 Å². The first-order chi connectivity index (χ1) is 12.0. The van der Waals surface area contributed by atoms with Crippen molar-refractivity contribution < 1.29 is 19.4 Å². The molecule has 1 aliphatic rings. The Labute approximate surface area is 145 Å². The summed E-state index contributed by atoms with van der Waals surface area (Å²) < 4.78 is 13.0. The summed E-state index contributed by atoms with van der Waals surface area (Å²) in [5.74, 6) is 0.0682. The van der Waals surface area contributed by atoms with Crippen LogP contribution in [-0.2, 0) is 6.42 Å². The molecule has 2 heterocycles. The number of ether oxygens (including phenoxy) is 2. The summed E-state index contributed by atoms with van der Waals surface area (Å²) in [6.07, 6.45) is 3.02. The average Bonchev–Trinajstić information content (AvgIpc) is 2.60. The zero-order chi connectivity index (χ0) is 18.1. The Kier molecular flexibility index (Phi) is 4.53. The minimum atomic E-state index is -1.20. The minimum Gasteiger partial charge on any atom is -0.493 e. The van der Waals surface area contributed by atoms with Gasteiger partial charge >= 0.3 is 5.97 Å². The fraction of sp³-hybridized carbons (Fsp3) is 0.368. The Balaban J connectivity index is 2.25. The van der Waals surface area contributed by atoms with E-state index in [2.05, 4.69) is 0 Å². The van der Waals surface area contributed by atoms with Crippen LogP contribution in [0.25, 0.3) is 11.3 Å². The van der Waals surface area contributed by atoms with E-state index >= 15 is 0 Å². The first-order valence-corrected chi connectivity index (χ1v) is 8.33. The third-order valence-corrected chi connectivity index (χ3v) is 4.60. The monoisotopic (exact) mass is 343 g/mol. The fourth-order valence-electron chi connectivity index (χ4n) is 3.36. The number of fused-ring (bicyclic) bond motifs is 3. The van der Waals surface area contributed by atoms with E-state index in [1.807, 2.05) is 30.5 Å². The summed E-state index contributed by atoms with van der Waals surface area (Å²) in [4.78, 5) is 23.5. The van der Waals surface area contributed by atoms with Gasteiger partial charge < -0.3 is 19.1 Å². The van der Waals surface area contributed by atoms with Crippen LogP contribution in [0.15, 0.2) is 29.2 Å². The number of carboxylic acids is 1. The zero-order valence-corrected chi connectivity index (χ0v) is 14.5. The van der Waals surface area contributed by atoms with Crippen LogP contribution in [-0.4, -0.2) is 29.4 Å². The van der Waals surface area contributed by atoms with Gasteiger partial charge in [-0.05, 0) is 37.5 Å². The third kappa shape index (κ3) is 2.88. The molecule has 1 N–H and O–H groups in total. The van der Waals surface area contributed by atoms with Gasteiger partial charge in [0.25, 0.3) is 0 Å². The van der Waals surface area contributed by atoms with E-state index in [9.17, 15) is 14.7 Å². The second kappa shape index (κ2) is 6.63. The van der Waals surface area contributed by atoms with Crippen molar-refractivity contribution in [2.75, 3.05) is 13.7 Å². The van der Waals surface area contributed by atoms with Gasteiger partial charge in [-0.15, -0.1) is 0 Å². The van der Waals surface area contributed by atoms with E-state index in [1.165, 1.54) is 12.3 Å². The molecule has 0 bridgehead atoms. The Morgan fingerprint density at radius 1 is 1.28 bits per heavy atom. The maximum atomic E-state index is 12.2. The Bertz CT molecular complexity index is 884. The Hall–Kier alpha value is -2.76. The summed E-state index contributed by atoms with van der Waals surface area (Å²) in [7, 11) is 1.57. The number of aromatic carboxylic acids is 1. The third-order valence-electron chi connectivity index (χ3n) is 4.60. The van der Waals surface area contributed by atoms with E-state index in [-0.39, 0.29) is 11.6 Å². The van der Waals surface area contributed by atoms with E-state index < -0.39 is 11.4 Å². The highest BCUT2D eigenvalue weighted by Gasteiger charge is 2.26. The lowest BCUT2D eigenvalue weighted by molar-refractivity contribution is 0.0694. The number of nitrogens with zero attached hydrogens (tertiary/aromatic N) is 1. The van der Waals surface area contributed by atoms with Crippen LogP contribution in [0.3, 0.4) is 0 Å². The van der Waals surface area contributed by atoms with Gasteiger partial charge in [0.05, 0.1) is 19.4 Å². The van der Waals surface area contributed by atoms with Crippen molar-refractivity contribution in [1.82, 2.24) is 4.57 Å². The number of aromatic nitrogens is 1. The molecule has 6 nitrogen and oxygen atoms in total. The van der Waals surface area contributed by atoms with Crippen molar-refractivity contribution in [1.29, 1.82) is 0 Å². The maximum Gasteiger partial charge on any atom is 0.341 e. The summed E-state index contributed by atoms with van der Waals surface area (Å²) in [5, 5.41) is 9.25. The lowest BCUT2D eigenvalue weighted by atomic mass is 9.90. The molecule has 1 atom stereocenters. The van der Waals surface area contributed by atoms with Gasteiger partial charge in [-0.25, -0.2) is 4.79 Å². The van der Waals surface area contributed by atoms with E-state index in [4.69, 9.17) is 9.47 Å². The fourth-order valence-corrected chi connectivity index (χ4v) is 3.36. The second-order valence-corrected chi connectivity index (χ2v) is 6.01. The topological polar surface area (TPSA) is 77.8 Å². The predicted octanol–water partition coefficient (Wildman–Crippen LogP) is 3.13. The molecule has 1 aromatic carbocycles. The number of carbonyl (C=O) groups is 1. The van der Waals surface area contributed by atoms with Gasteiger partial charge in [0.15, 0.2) is 16.9 Å². The quantitative estimate of drug-likeness (QED) is 0.902. The van der Waals surface area contributed by atoms with Crippen molar-refractivity contribution in [2.24, 2.45) is 0 Å². The standard InChI is InChI=1S/C19H21NO5/c1-4-12-6-11-7-18(25-5-2)17(24-3)8-13(11)15-9-16(21)14(19(22)23)10-20(12)15/h7-10,12H,4-6H2,1-3H3,(H,22,23). The molecule has 2 aromatic rings. The number of carboxylic acid groups (broad SMARTS) is 1. The molecular weight excluding hydrogens is 322 g/mol. The smallest absolute Gasteiger partial charge is 0.341 e. The Morgan fingerprint density at radius 2 is 2.04 bits per heavy atom. The number of methoxy groups -OCH3 is 1. The Morgan fingerprint density at radius 3 is 2.64 bits per heavy atom. The number of rotatable bonds is 5. The largest absolute Gasteiger partial charge is 0.493 e. The van der Waals surface area contributed by atoms with Crippen molar-refractivity contribution in [3.8, 4) is 22.8 Å². The molecular formula is C19H21NO5. The van der Waals surface area contributed by atoms with Crippen LogP contribution < -0.4 is 14.9 Å². The van der Waals surface area contributed by atoms with Crippen LogP contribution in [0, 0.1) is 0 Å². The van der Waals surface area contributed by atoms with Gasteiger partial charge in [-0.3, -0.25) is 4.79 Å². The molecule has 132 valence electrons. The molecule has 0 radical (unpaired) electrons. The lowest BCUT2D eigenvalue weighted by Gasteiger charge is -2.31. The SMILES string of the molecule is CCOc1cc2c(cc1OC)-c1cc(=O)c(C(=O)O)cn1C(CC)C2. The van der Waals surface area contributed by atoms with Crippen LogP contribution in [0.1, 0.15) is 42.2 Å². The molecule has 1 aromatic heterocycles. The van der Waals surface area contributed by atoms with Gasteiger partial charge in [0, 0.05) is 23.9 Å². The molecule has 1 aliphatic heterocycles. The molecule has 0 saturated heterocycles. The highest BCUT2D eigenvalue weighted by Crippen LogP contribution is 2.41. The maximum absolute atomic E-state index is 12.2. The second-order valence-electron chi connectivity index (χ2n) is 6.01. The van der Waals surface area contributed by atoms with Gasteiger partial charge in [0.1, 0.15) is 5.56 Å². The zero-order valence-electron chi connectivity index (χ0n) is 14.5. The normalized spacial score (nSPS) is 15.2. The minimum absolute atomic E-state index is 0.0871. The summed E-state index contributed by atoms with van der Waals surface area (Å²) in [6, 6.07) is 5.31. The van der Waals surface area contributed by atoms with Crippen LogP contribution in [0.5, 0.6) is 11.5 Å². The average molecular weight is 343 g/mol. The number of hydrogen-bond acceptors (Lipinski definition) is 4. The molecule has 0 spiro atoms. The molecule has 6 heteroatoms. The highest BCUT2D eigenvalue weighted by atomic mass is 16.5. The van der Waals surface area contributed by atoms with Crippen molar-refractivity contribution >= 4 is 5.97 Å². The molecule has 3 rings (SSSR count). The molecule has 0 amide bonds. The summed E-state index contributed by atoms with van der Waals surface area (Å²) >= 11 is 0. The van der Waals surface area contributed by atoms with Crippen LogP contribution in [0.4, 0.5) is 0 Å². The van der Waals surface area contributed by atoms with E-state index in [1.54, 1.807) is 7.11 Å². The van der Waals surface area contributed by atoms with E-state index in [0.29, 0.717) is 23.8 Å². The van der Waals surface area contributed by atoms with Crippen molar-refractivity contribution in [3.63, 3.8) is 0 Å². The van der Waals surface area contributed by atoms with Gasteiger partial charge in [0.2, 0.25) is 0 Å². The molecule has 0 aliphatic carbocycles. The van der Waals surface area contributed by atoms with Crippen molar-refractivity contribution in [2.45, 2.75) is 32.7 Å². The first-order valence-electron chi connectivity index (χ1n) is 8.33. The summed E-state index contributed by atoms with van der Waals surface area (Å²) in [6.45, 7) is 4.49. The molecule has 25 heavy (non-hydrogen) atoms. The van der Waals surface area contributed by atoms with E-state index in [0.717, 1.165) is 24.0 Å². The van der Waals surface area contributed by atoms with Crippen LogP contribution in [0.2, 0.25) is 0 Å². The molecule has 0 fully saturated rings.